The number of hydrogen-bond donors (Lipinski definition) is 0. The minimum Gasteiger partial charge on any atom is -0.460 e. The van der Waals surface area contributed by atoms with Crippen molar-refractivity contribution < 1.29 is 13.9 Å². The van der Waals surface area contributed by atoms with E-state index in [1.165, 1.54) is 0 Å². The summed E-state index contributed by atoms with van der Waals surface area (Å²) in [4.78, 5) is 11.7. The molecule has 2 aromatic heterocycles. The number of benzene rings is 1. The smallest absolute Gasteiger partial charge is 0.322 e. The van der Waals surface area contributed by atoms with Crippen LogP contribution in [0.15, 0.2) is 22.6 Å². The molecule has 0 aromatic carbocycles. The Labute approximate surface area is 108 Å². The number of carbonyl (C=O) groups excluding carboxylic acids is 1. The zero-order valence-electron chi connectivity index (χ0n) is 9.25. The molecule has 0 aliphatic heterocycles. The molecule has 86 valence electrons. The van der Waals surface area contributed by atoms with E-state index >= 15 is 0 Å². The minimum atomic E-state index is -0.440. The van der Waals surface area contributed by atoms with E-state index in [9.17, 15) is 4.79 Å². The van der Waals surface area contributed by atoms with E-state index in [0.717, 1.165) is 23.2 Å². The molecule has 0 aliphatic rings. The van der Waals surface area contributed by atoms with Crippen molar-refractivity contribution in [1.29, 1.82) is 0 Å². The first-order chi connectivity index (χ1) is 7.53. The quantitative estimate of drug-likeness (QED) is 0.489. The number of carbonyl (C=O) groups is 1. The molecule has 1 unspecified atom stereocenters. The van der Waals surface area contributed by atoms with Crippen molar-refractivity contribution in [2.45, 2.75) is 30.3 Å². The summed E-state index contributed by atoms with van der Waals surface area (Å²) in [5.74, 6) is -0.172. The molecule has 0 saturated carbocycles. The molecule has 2 heterocycles. The molecule has 0 fully saturated rings. The molecule has 16 heavy (non-hydrogen) atoms. The van der Waals surface area contributed by atoms with Crippen molar-refractivity contribution in [3.63, 3.8) is 0 Å². The molecule has 2 bridgehead atoms. The third kappa shape index (κ3) is 2.16. The second-order valence-electron chi connectivity index (χ2n) is 4.00. The number of ether oxygens (including phenoxy) is 1. The summed E-state index contributed by atoms with van der Waals surface area (Å²) < 4.78 is 10.2. The Bertz CT molecular complexity index is 486. The summed E-state index contributed by atoms with van der Waals surface area (Å²) >= 11 is 2.12. The lowest BCUT2D eigenvalue weighted by atomic mass is 10.1. The number of halogens is 1. The van der Waals surface area contributed by atoms with Crippen LogP contribution in [0, 0.1) is 0 Å². The van der Waals surface area contributed by atoms with Crippen molar-refractivity contribution in [3.05, 3.63) is 23.8 Å². The van der Waals surface area contributed by atoms with Gasteiger partial charge in [-0.25, -0.2) is 0 Å². The van der Waals surface area contributed by atoms with Crippen molar-refractivity contribution in [2.24, 2.45) is 0 Å². The highest BCUT2D eigenvalue weighted by Gasteiger charge is 2.29. The summed E-state index contributed by atoms with van der Waals surface area (Å²) in [6.07, 6.45) is 0.760. The molecule has 4 heteroatoms. The molecule has 0 radical (unpaired) electrons. The van der Waals surface area contributed by atoms with Gasteiger partial charge in [0.05, 0.1) is 0 Å². The molecule has 2 rings (SSSR count). The van der Waals surface area contributed by atoms with Gasteiger partial charge in [-0.2, -0.15) is 0 Å². The Kier molecular flexibility index (Phi) is 3.10. The highest BCUT2D eigenvalue weighted by molar-refractivity contribution is 14.1. The van der Waals surface area contributed by atoms with Gasteiger partial charge in [0.2, 0.25) is 0 Å². The molecular formula is C12H13IO3. The molecule has 0 saturated heterocycles. The van der Waals surface area contributed by atoms with E-state index in [1.807, 2.05) is 32.0 Å². The fourth-order valence-electron chi connectivity index (χ4n) is 1.40. The lowest BCUT2D eigenvalue weighted by Crippen LogP contribution is -2.29. The van der Waals surface area contributed by atoms with Crippen LogP contribution in [0.25, 0.3) is 11.2 Å². The van der Waals surface area contributed by atoms with Crippen LogP contribution in [0.3, 0.4) is 0 Å². The van der Waals surface area contributed by atoms with Crippen LogP contribution in [-0.4, -0.2) is 9.39 Å². The largest absolute Gasteiger partial charge is 0.460 e. The average Bonchev–Trinajstić information content (AvgIpc) is 2.87. The summed E-state index contributed by atoms with van der Waals surface area (Å²) in [6, 6.07) is 5.69. The van der Waals surface area contributed by atoms with Gasteiger partial charge < -0.3 is 9.15 Å². The van der Waals surface area contributed by atoms with Gasteiger partial charge in [-0.05, 0) is 31.5 Å². The first-order valence-corrected chi connectivity index (χ1v) is 6.28. The fourth-order valence-corrected chi connectivity index (χ4v) is 1.55. The van der Waals surface area contributed by atoms with Gasteiger partial charge in [0, 0.05) is 5.56 Å². The molecule has 0 spiro atoms. The topological polar surface area (TPSA) is 39.4 Å². The maximum Gasteiger partial charge on any atom is 0.322 e. The fraction of sp³-hybridized carbons (Fsp3) is 0.417. The van der Waals surface area contributed by atoms with Gasteiger partial charge in [-0.15, -0.1) is 0 Å². The van der Waals surface area contributed by atoms with Gasteiger partial charge in [0.1, 0.15) is 21.2 Å². The van der Waals surface area contributed by atoms with Crippen molar-refractivity contribution >= 4 is 39.7 Å². The Morgan fingerprint density at radius 2 is 2.31 bits per heavy atom. The summed E-state index contributed by atoms with van der Waals surface area (Å²) in [5, 5.41) is 0. The lowest BCUT2D eigenvalue weighted by Gasteiger charge is -2.18. The Balaban J connectivity index is 1.98. The normalized spacial score (nSPS) is 15.2. The standard InChI is InChI=1S/C12H13IO3/c1-3-12(2,13)11(14)15-7-8-6-9-4-5-10(8)16-9/h4-6H,3,7H2,1-2H3. The SMILES string of the molecule is CCC(C)(I)C(=O)OCc1cc2ccc1o2. The van der Waals surface area contributed by atoms with Gasteiger partial charge in [0.25, 0.3) is 0 Å². The van der Waals surface area contributed by atoms with Crippen molar-refractivity contribution in [1.82, 2.24) is 0 Å². The number of hydrogen-bond acceptors (Lipinski definition) is 3. The van der Waals surface area contributed by atoms with E-state index in [0.29, 0.717) is 6.61 Å². The first kappa shape index (κ1) is 11.7. The van der Waals surface area contributed by atoms with Gasteiger partial charge in [0.15, 0.2) is 0 Å². The van der Waals surface area contributed by atoms with E-state index in [1.54, 1.807) is 0 Å². The monoisotopic (exact) mass is 332 g/mol. The summed E-state index contributed by atoms with van der Waals surface area (Å²) in [5.41, 5.74) is 2.57. The van der Waals surface area contributed by atoms with Crippen molar-refractivity contribution in [3.8, 4) is 0 Å². The third-order valence-electron chi connectivity index (χ3n) is 2.71. The number of esters is 1. The van der Waals surface area contributed by atoms with Crippen LogP contribution < -0.4 is 0 Å². The average molecular weight is 332 g/mol. The van der Waals surface area contributed by atoms with Crippen LogP contribution >= 0.6 is 22.6 Å². The predicted octanol–water partition coefficient (Wildman–Crippen LogP) is 3.52. The Morgan fingerprint density at radius 1 is 1.56 bits per heavy atom. The van der Waals surface area contributed by atoms with E-state index < -0.39 is 3.42 Å². The number of alkyl halides is 1. The molecule has 0 N–H and O–H groups in total. The van der Waals surface area contributed by atoms with Gasteiger partial charge in [-0.3, -0.25) is 4.79 Å². The van der Waals surface area contributed by atoms with Crippen LogP contribution in [0.1, 0.15) is 25.8 Å². The van der Waals surface area contributed by atoms with Gasteiger partial charge >= 0.3 is 5.97 Å². The number of rotatable bonds is 4. The molecule has 0 amide bonds. The van der Waals surface area contributed by atoms with E-state index in [2.05, 4.69) is 22.6 Å². The molecule has 3 nitrogen and oxygen atoms in total. The maximum absolute atomic E-state index is 11.7. The first-order valence-electron chi connectivity index (χ1n) is 5.20. The van der Waals surface area contributed by atoms with Crippen molar-refractivity contribution in [2.75, 3.05) is 0 Å². The van der Waals surface area contributed by atoms with Crippen LogP contribution in [-0.2, 0) is 16.1 Å². The molecule has 1 atom stereocenters. The predicted molar refractivity (Wildman–Crippen MR) is 69.9 cm³/mol. The molecule has 0 aliphatic carbocycles. The second-order valence-corrected chi connectivity index (χ2v) is 6.38. The Morgan fingerprint density at radius 3 is 2.81 bits per heavy atom. The number of furan rings is 2. The zero-order chi connectivity index (χ0) is 11.8. The lowest BCUT2D eigenvalue weighted by molar-refractivity contribution is -0.146. The second kappa shape index (κ2) is 4.24. The maximum atomic E-state index is 11.7. The van der Waals surface area contributed by atoms with E-state index in [-0.39, 0.29) is 5.97 Å². The van der Waals surface area contributed by atoms with Crippen LogP contribution in [0.5, 0.6) is 0 Å². The molecule has 2 aromatic rings. The number of fused-ring (bicyclic) bond motifs is 2. The van der Waals surface area contributed by atoms with Crippen LogP contribution in [0.2, 0.25) is 0 Å². The molecular weight excluding hydrogens is 319 g/mol. The van der Waals surface area contributed by atoms with Gasteiger partial charge in [-0.1, -0.05) is 29.5 Å². The zero-order valence-corrected chi connectivity index (χ0v) is 11.4. The van der Waals surface area contributed by atoms with E-state index in [4.69, 9.17) is 9.15 Å². The van der Waals surface area contributed by atoms with Crippen LogP contribution in [0.4, 0.5) is 0 Å². The highest BCUT2D eigenvalue weighted by Crippen LogP contribution is 2.26. The summed E-state index contributed by atoms with van der Waals surface area (Å²) in [6.45, 7) is 4.14. The minimum absolute atomic E-state index is 0.172. The Hall–Kier alpha value is -0.780. The third-order valence-corrected chi connectivity index (χ3v) is 3.91. The highest BCUT2D eigenvalue weighted by atomic mass is 127. The summed E-state index contributed by atoms with van der Waals surface area (Å²) in [7, 11) is 0.